The third-order valence-corrected chi connectivity index (χ3v) is 6.24. The lowest BCUT2D eigenvalue weighted by Gasteiger charge is -2.34. The van der Waals surface area contributed by atoms with Crippen LogP contribution in [0.15, 0.2) is 16.8 Å². The van der Waals surface area contributed by atoms with Gasteiger partial charge in [-0.05, 0) is 60.2 Å². The van der Waals surface area contributed by atoms with Crippen molar-refractivity contribution < 1.29 is 18.3 Å². The fourth-order valence-electron chi connectivity index (χ4n) is 3.91. The molecular formula is C18H26F2N2O2S. The van der Waals surface area contributed by atoms with Crippen LogP contribution in [-0.4, -0.2) is 61.0 Å². The number of carbonyl (C=O) groups excluding carboxylic acids is 1. The van der Waals surface area contributed by atoms with E-state index in [1.165, 1.54) is 5.56 Å². The fraction of sp³-hybridized carbons (Fsp3) is 0.722. The van der Waals surface area contributed by atoms with Crippen molar-refractivity contribution in [3.8, 4) is 0 Å². The molecule has 2 fully saturated rings. The van der Waals surface area contributed by atoms with Crippen LogP contribution in [0.3, 0.4) is 0 Å². The van der Waals surface area contributed by atoms with E-state index in [0.29, 0.717) is 25.7 Å². The average molecular weight is 372 g/mol. The van der Waals surface area contributed by atoms with Gasteiger partial charge < -0.3 is 14.5 Å². The molecule has 1 aromatic rings. The van der Waals surface area contributed by atoms with Crippen LogP contribution in [0.2, 0.25) is 0 Å². The topological polar surface area (TPSA) is 32.8 Å². The summed E-state index contributed by atoms with van der Waals surface area (Å²) < 4.78 is 29.1. The van der Waals surface area contributed by atoms with E-state index < -0.39 is 13.0 Å². The van der Waals surface area contributed by atoms with Crippen molar-refractivity contribution in [3.05, 3.63) is 22.4 Å². The van der Waals surface area contributed by atoms with E-state index >= 15 is 0 Å². The molecule has 0 N–H and O–H groups in total. The molecule has 0 radical (unpaired) electrons. The zero-order chi connectivity index (χ0) is 17.9. The van der Waals surface area contributed by atoms with Crippen LogP contribution < -0.4 is 0 Å². The van der Waals surface area contributed by atoms with Crippen molar-refractivity contribution in [2.75, 3.05) is 32.8 Å². The average Bonchev–Trinajstić information content (AvgIpc) is 3.01. The molecule has 1 atom stereocenters. The van der Waals surface area contributed by atoms with Crippen molar-refractivity contribution in [2.45, 2.75) is 45.2 Å². The molecule has 2 heterocycles. The van der Waals surface area contributed by atoms with Crippen molar-refractivity contribution in [2.24, 2.45) is 5.41 Å². The van der Waals surface area contributed by atoms with Gasteiger partial charge in [0.2, 0.25) is 5.91 Å². The Bertz CT molecular complexity index is 559. The Morgan fingerprint density at radius 2 is 2.24 bits per heavy atom. The lowest BCUT2D eigenvalue weighted by atomic mass is 9.92. The monoisotopic (exact) mass is 372 g/mol. The summed E-state index contributed by atoms with van der Waals surface area (Å²) in [5, 5.41) is 4.15. The Morgan fingerprint density at radius 3 is 2.84 bits per heavy atom. The minimum Gasteiger partial charge on any atom is -0.374 e. The molecule has 140 valence electrons. The van der Waals surface area contributed by atoms with Gasteiger partial charge in [0.1, 0.15) is 6.61 Å². The maximum absolute atomic E-state index is 12.1. The van der Waals surface area contributed by atoms with Gasteiger partial charge in [-0.3, -0.25) is 4.79 Å². The van der Waals surface area contributed by atoms with Crippen LogP contribution in [0.1, 0.15) is 31.7 Å². The minimum absolute atomic E-state index is 0.149. The third kappa shape index (κ3) is 4.77. The Kier molecular flexibility index (Phi) is 6.07. The quantitative estimate of drug-likeness (QED) is 0.657. The standard InChI is InChI=1S/C18H26F2N2O2S/c1-14(23)22(11-15-2-9-25-13-15)16-10-18(16)3-5-21(6-4-18)7-8-24-12-17(19)20/h2,9,13,16-17H,3-8,10-12H2,1H3. The molecule has 1 aliphatic carbocycles. The molecule has 7 heteroatoms. The predicted octanol–water partition coefficient (Wildman–Crippen LogP) is 3.23. The first-order chi connectivity index (χ1) is 12.0. The molecule has 1 saturated heterocycles. The number of likely N-dealkylation sites (tertiary alicyclic amines) is 1. The zero-order valence-electron chi connectivity index (χ0n) is 14.6. The first-order valence-corrected chi connectivity index (χ1v) is 9.81. The van der Waals surface area contributed by atoms with Crippen molar-refractivity contribution in [1.29, 1.82) is 0 Å². The number of thiophene rings is 1. The highest BCUT2D eigenvalue weighted by Gasteiger charge is 2.58. The molecule has 0 bridgehead atoms. The van der Waals surface area contributed by atoms with Gasteiger partial charge in [0, 0.05) is 26.1 Å². The second-order valence-corrected chi connectivity index (χ2v) is 7.95. The van der Waals surface area contributed by atoms with E-state index in [-0.39, 0.29) is 11.3 Å². The van der Waals surface area contributed by atoms with Crippen LogP contribution >= 0.6 is 11.3 Å². The second-order valence-electron chi connectivity index (χ2n) is 7.17. The van der Waals surface area contributed by atoms with Crippen molar-refractivity contribution in [3.63, 3.8) is 0 Å². The Hall–Kier alpha value is -1.05. The highest BCUT2D eigenvalue weighted by Crippen LogP contribution is 2.57. The highest BCUT2D eigenvalue weighted by molar-refractivity contribution is 7.07. The number of piperidine rings is 1. The summed E-state index contributed by atoms with van der Waals surface area (Å²) in [6.45, 7) is 4.87. The van der Waals surface area contributed by atoms with Crippen LogP contribution in [-0.2, 0) is 16.1 Å². The number of nitrogens with zero attached hydrogens (tertiary/aromatic N) is 2. The van der Waals surface area contributed by atoms with E-state index in [2.05, 4.69) is 16.3 Å². The van der Waals surface area contributed by atoms with Crippen molar-refractivity contribution in [1.82, 2.24) is 9.80 Å². The van der Waals surface area contributed by atoms with Crippen LogP contribution in [0.5, 0.6) is 0 Å². The number of carbonyl (C=O) groups is 1. The molecule has 0 aromatic carbocycles. The van der Waals surface area contributed by atoms with Crippen molar-refractivity contribution >= 4 is 17.2 Å². The molecule has 25 heavy (non-hydrogen) atoms. The van der Waals surface area contributed by atoms with Crippen LogP contribution in [0.25, 0.3) is 0 Å². The van der Waals surface area contributed by atoms with Gasteiger partial charge in [-0.2, -0.15) is 11.3 Å². The number of ether oxygens (including phenoxy) is 1. The lowest BCUT2D eigenvalue weighted by Crippen LogP contribution is -2.41. The van der Waals surface area contributed by atoms with Gasteiger partial charge in [-0.1, -0.05) is 0 Å². The number of halogens is 2. The second kappa shape index (κ2) is 8.10. The summed E-state index contributed by atoms with van der Waals surface area (Å²) in [4.78, 5) is 16.4. The summed E-state index contributed by atoms with van der Waals surface area (Å²) in [6.07, 6.45) is 0.837. The highest BCUT2D eigenvalue weighted by atomic mass is 32.1. The molecule has 2 aliphatic rings. The van der Waals surface area contributed by atoms with Gasteiger partial charge in [0.05, 0.1) is 6.61 Å². The SMILES string of the molecule is CC(=O)N(Cc1ccsc1)C1CC12CCN(CCOCC(F)F)CC2. The summed E-state index contributed by atoms with van der Waals surface area (Å²) in [7, 11) is 0. The van der Waals surface area contributed by atoms with Gasteiger partial charge >= 0.3 is 0 Å². The van der Waals surface area contributed by atoms with E-state index in [4.69, 9.17) is 4.74 Å². The van der Waals surface area contributed by atoms with E-state index in [1.54, 1.807) is 18.3 Å². The predicted molar refractivity (Wildman–Crippen MR) is 93.9 cm³/mol. The van der Waals surface area contributed by atoms with Crippen LogP contribution in [0, 0.1) is 5.41 Å². The van der Waals surface area contributed by atoms with Gasteiger partial charge in [-0.25, -0.2) is 8.78 Å². The summed E-state index contributed by atoms with van der Waals surface area (Å²) in [5.41, 5.74) is 1.47. The first kappa shape index (κ1) is 18.7. The minimum atomic E-state index is -2.39. The molecule has 1 aromatic heterocycles. The number of rotatable bonds is 8. The first-order valence-electron chi connectivity index (χ1n) is 8.87. The number of amides is 1. The molecule has 1 spiro atoms. The molecule has 1 amide bonds. The maximum atomic E-state index is 12.1. The summed E-state index contributed by atoms with van der Waals surface area (Å²) >= 11 is 1.66. The summed E-state index contributed by atoms with van der Waals surface area (Å²) in [6, 6.07) is 2.43. The fourth-order valence-corrected chi connectivity index (χ4v) is 4.57. The summed E-state index contributed by atoms with van der Waals surface area (Å²) in [5.74, 6) is 0.149. The molecular weight excluding hydrogens is 346 g/mol. The number of hydrogen-bond acceptors (Lipinski definition) is 4. The normalized spacial score (nSPS) is 22.5. The van der Waals surface area contributed by atoms with E-state index in [9.17, 15) is 13.6 Å². The van der Waals surface area contributed by atoms with E-state index in [1.807, 2.05) is 10.3 Å². The molecule has 1 saturated carbocycles. The Labute approximate surface area is 151 Å². The number of hydrogen-bond donors (Lipinski definition) is 0. The maximum Gasteiger partial charge on any atom is 0.261 e. The molecule has 1 unspecified atom stereocenters. The molecule has 1 aliphatic heterocycles. The van der Waals surface area contributed by atoms with Crippen LogP contribution in [0.4, 0.5) is 8.78 Å². The van der Waals surface area contributed by atoms with E-state index in [0.717, 1.165) is 32.4 Å². The Morgan fingerprint density at radius 1 is 1.48 bits per heavy atom. The number of alkyl halides is 2. The van der Waals surface area contributed by atoms with Gasteiger partial charge in [0.15, 0.2) is 0 Å². The largest absolute Gasteiger partial charge is 0.374 e. The smallest absolute Gasteiger partial charge is 0.261 e. The van der Waals surface area contributed by atoms with Gasteiger partial charge in [-0.15, -0.1) is 0 Å². The third-order valence-electron chi connectivity index (χ3n) is 5.51. The van der Waals surface area contributed by atoms with Gasteiger partial charge in [0.25, 0.3) is 6.43 Å². The molecule has 3 rings (SSSR count). The Balaban J connectivity index is 1.45. The lowest BCUT2D eigenvalue weighted by molar-refractivity contribution is -0.130. The molecule has 4 nitrogen and oxygen atoms in total. The zero-order valence-corrected chi connectivity index (χ0v) is 15.4.